The van der Waals surface area contributed by atoms with Crippen LogP contribution < -0.4 is 11.1 Å². The number of carbonyl (C=O) groups is 1. The molecule has 1 saturated heterocycles. The Labute approximate surface area is 127 Å². The van der Waals surface area contributed by atoms with Crippen molar-refractivity contribution in [2.45, 2.75) is 64.0 Å². The summed E-state index contributed by atoms with van der Waals surface area (Å²) in [5.41, 5.74) is 5.97. The van der Waals surface area contributed by atoms with Crippen molar-refractivity contribution in [3.8, 4) is 0 Å². The van der Waals surface area contributed by atoms with Crippen LogP contribution in [-0.4, -0.2) is 44.4 Å². The highest BCUT2D eigenvalue weighted by Gasteiger charge is 2.33. The Hall–Kier alpha value is -0.650. The fourth-order valence-electron chi connectivity index (χ4n) is 3.39. The first-order valence-corrected chi connectivity index (χ1v) is 8.32. The molecule has 21 heavy (non-hydrogen) atoms. The number of amides is 1. The summed E-state index contributed by atoms with van der Waals surface area (Å²) in [6.07, 6.45) is 7.55. The van der Waals surface area contributed by atoms with E-state index in [4.69, 9.17) is 15.2 Å². The monoisotopic (exact) mass is 298 g/mol. The smallest absolute Gasteiger partial charge is 0.220 e. The van der Waals surface area contributed by atoms with Gasteiger partial charge in [-0.1, -0.05) is 19.3 Å². The van der Waals surface area contributed by atoms with Gasteiger partial charge in [-0.25, -0.2) is 0 Å². The van der Waals surface area contributed by atoms with Gasteiger partial charge in [0.05, 0.1) is 19.3 Å². The Morgan fingerprint density at radius 2 is 2.19 bits per heavy atom. The number of ether oxygens (including phenoxy) is 2. The molecule has 5 heteroatoms. The second-order valence-corrected chi connectivity index (χ2v) is 6.73. The number of nitrogens with two attached hydrogens (primary N) is 1. The Morgan fingerprint density at radius 3 is 2.81 bits per heavy atom. The molecule has 3 N–H and O–H groups in total. The van der Waals surface area contributed by atoms with Gasteiger partial charge < -0.3 is 20.5 Å². The second-order valence-electron chi connectivity index (χ2n) is 6.73. The maximum absolute atomic E-state index is 12.2. The lowest BCUT2D eigenvalue weighted by atomic mass is 9.71. The van der Waals surface area contributed by atoms with Crippen LogP contribution in [0.5, 0.6) is 0 Å². The third-order valence-corrected chi connectivity index (χ3v) is 4.76. The van der Waals surface area contributed by atoms with Crippen molar-refractivity contribution in [2.24, 2.45) is 11.1 Å². The quantitative estimate of drug-likeness (QED) is 0.748. The largest absolute Gasteiger partial charge is 0.379 e. The molecule has 0 bridgehead atoms. The first-order chi connectivity index (χ1) is 10.1. The van der Waals surface area contributed by atoms with Crippen LogP contribution in [0.15, 0.2) is 0 Å². The Kier molecular flexibility index (Phi) is 6.45. The molecule has 0 aromatic heterocycles. The Balaban J connectivity index is 1.69. The van der Waals surface area contributed by atoms with E-state index in [-0.39, 0.29) is 23.5 Å². The molecule has 2 fully saturated rings. The summed E-state index contributed by atoms with van der Waals surface area (Å²) in [5.74, 6) is 0.112. The summed E-state index contributed by atoms with van der Waals surface area (Å²) < 4.78 is 11.0. The lowest BCUT2D eigenvalue weighted by Gasteiger charge is -2.36. The standard InChI is InChI=1S/C16H30N2O3/c1-13(10-21-14-5-8-20-11-14)18-15(19)9-16(12-17)6-3-2-4-7-16/h13-14H,2-12,17H2,1H3,(H,18,19). The second kappa shape index (κ2) is 8.11. The van der Waals surface area contributed by atoms with E-state index in [0.29, 0.717) is 26.2 Å². The summed E-state index contributed by atoms with van der Waals surface area (Å²) >= 11 is 0. The van der Waals surface area contributed by atoms with E-state index < -0.39 is 0 Å². The van der Waals surface area contributed by atoms with Crippen molar-refractivity contribution in [3.05, 3.63) is 0 Å². The van der Waals surface area contributed by atoms with Crippen LogP contribution in [0.2, 0.25) is 0 Å². The molecule has 122 valence electrons. The van der Waals surface area contributed by atoms with Crippen LogP contribution in [0, 0.1) is 5.41 Å². The van der Waals surface area contributed by atoms with Crippen molar-refractivity contribution < 1.29 is 14.3 Å². The van der Waals surface area contributed by atoms with Gasteiger partial charge in [-0.3, -0.25) is 4.79 Å². The molecule has 2 unspecified atom stereocenters. The summed E-state index contributed by atoms with van der Waals surface area (Å²) in [4.78, 5) is 12.2. The van der Waals surface area contributed by atoms with Crippen LogP contribution in [-0.2, 0) is 14.3 Å². The average molecular weight is 298 g/mol. The van der Waals surface area contributed by atoms with Crippen LogP contribution >= 0.6 is 0 Å². The van der Waals surface area contributed by atoms with Crippen molar-refractivity contribution in [2.75, 3.05) is 26.4 Å². The molecule has 1 aliphatic heterocycles. The van der Waals surface area contributed by atoms with Crippen LogP contribution in [0.3, 0.4) is 0 Å². The topological polar surface area (TPSA) is 73.6 Å². The first kappa shape index (κ1) is 16.7. The van der Waals surface area contributed by atoms with Gasteiger partial charge in [0.1, 0.15) is 0 Å². The Bertz CT molecular complexity index is 323. The average Bonchev–Trinajstić information content (AvgIpc) is 2.99. The van der Waals surface area contributed by atoms with Gasteiger partial charge in [0.2, 0.25) is 5.91 Å². The van der Waals surface area contributed by atoms with Crippen molar-refractivity contribution in [1.82, 2.24) is 5.32 Å². The zero-order valence-electron chi connectivity index (χ0n) is 13.2. The molecule has 5 nitrogen and oxygen atoms in total. The number of hydrogen-bond donors (Lipinski definition) is 2. The number of carbonyl (C=O) groups excluding carboxylic acids is 1. The van der Waals surface area contributed by atoms with E-state index in [0.717, 1.165) is 25.9 Å². The van der Waals surface area contributed by atoms with Crippen molar-refractivity contribution in [3.63, 3.8) is 0 Å². The molecule has 0 spiro atoms. The number of nitrogens with one attached hydrogen (secondary N) is 1. The van der Waals surface area contributed by atoms with Gasteiger partial charge in [-0.15, -0.1) is 0 Å². The zero-order valence-corrected chi connectivity index (χ0v) is 13.2. The fourth-order valence-corrected chi connectivity index (χ4v) is 3.39. The predicted octanol–water partition coefficient (Wildman–Crippen LogP) is 1.60. The highest BCUT2D eigenvalue weighted by atomic mass is 16.5. The zero-order chi connectivity index (χ0) is 15.1. The molecule has 2 rings (SSSR count). The van der Waals surface area contributed by atoms with Crippen LogP contribution in [0.4, 0.5) is 0 Å². The molecule has 1 amide bonds. The van der Waals surface area contributed by atoms with E-state index >= 15 is 0 Å². The lowest BCUT2D eigenvalue weighted by molar-refractivity contribution is -0.125. The normalized spacial score (nSPS) is 26.5. The predicted molar refractivity (Wildman–Crippen MR) is 82.0 cm³/mol. The summed E-state index contributed by atoms with van der Waals surface area (Å²) in [6, 6.07) is 0.0384. The minimum absolute atomic E-state index is 0.0300. The molecule has 2 atom stereocenters. The maximum atomic E-state index is 12.2. The van der Waals surface area contributed by atoms with Crippen molar-refractivity contribution >= 4 is 5.91 Å². The molecule has 0 aromatic carbocycles. The van der Waals surface area contributed by atoms with Gasteiger partial charge in [0.25, 0.3) is 0 Å². The minimum atomic E-state index is 0.0300. The van der Waals surface area contributed by atoms with Crippen molar-refractivity contribution in [1.29, 1.82) is 0 Å². The highest BCUT2D eigenvalue weighted by molar-refractivity contribution is 5.77. The highest BCUT2D eigenvalue weighted by Crippen LogP contribution is 2.38. The molecule has 1 saturated carbocycles. The van der Waals surface area contributed by atoms with Gasteiger partial charge in [-0.05, 0) is 38.1 Å². The lowest BCUT2D eigenvalue weighted by Crippen LogP contribution is -2.42. The molecule has 0 aromatic rings. The number of rotatable bonds is 7. The van der Waals surface area contributed by atoms with E-state index in [9.17, 15) is 4.79 Å². The molecular formula is C16H30N2O3. The van der Waals surface area contributed by atoms with Gasteiger partial charge in [-0.2, -0.15) is 0 Å². The first-order valence-electron chi connectivity index (χ1n) is 8.32. The van der Waals surface area contributed by atoms with Crippen LogP contribution in [0.1, 0.15) is 51.9 Å². The SMILES string of the molecule is CC(COC1CCOC1)NC(=O)CC1(CN)CCCCC1. The van der Waals surface area contributed by atoms with E-state index in [1.807, 2.05) is 6.92 Å². The molecular weight excluding hydrogens is 268 g/mol. The third-order valence-electron chi connectivity index (χ3n) is 4.76. The number of hydrogen-bond acceptors (Lipinski definition) is 4. The van der Waals surface area contributed by atoms with E-state index in [2.05, 4.69) is 5.32 Å². The van der Waals surface area contributed by atoms with Gasteiger partial charge in [0, 0.05) is 19.1 Å². The molecule has 1 aliphatic carbocycles. The summed E-state index contributed by atoms with van der Waals surface area (Å²) in [5, 5.41) is 3.05. The minimum Gasteiger partial charge on any atom is -0.379 e. The van der Waals surface area contributed by atoms with Gasteiger partial charge >= 0.3 is 0 Å². The van der Waals surface area contributed by atoms with E-state index in [1.54, 1.807) is 0 Å². The molecule has 2 aliphatic rings. The van der Waals surface area contributed by atoms with E-state index in [1.165, 1.54) is 19.3 Å². The Morgan fingerprint density at radius 1 is 1.43 bits per heavy atom. The summed E-state index contributed by atoms with van der Waals surface area (Å²) in [6.45, 7) is 4.62. The van der Waals surface area contributed by atoms with Crippen LogP contribution in [0.25, 0.3) is 0 Å². The third kappa shape index (κ3) is 5.24. The summed E-state index contributed by atoms with van der Waals surface area (Å²) in [7, 11) is 0. The molecule has 0 radical (unpaired) electrons. The van der Waals surface area contributed by atoms with Gasteiger partial charge in [0.15, 0.2) is 0 Å². The maximum Gasteiger partial charge on any atom is 0.220 e. The fraction of sp³-hybridized carbons (Fsp3) is 0.938. The molecule has 1 heterocycles.